The summed E-state index contributed by atoms with van der Waals surface area (Å²) in [6.07, 6.45) is 2.13. The molecule has 1 aliphatic rings. The van der Waals surface area contributed by atoms with Crippen molar-refractivity contribution in [3.63, 3.8) is 0 Å². The number of Topliss-reactive ketones (excluding diaryl/α,β-unsaturated/α-hetero) is 1. The maximum Gasteiger partial charge on any atom is 0.379 e. The number of ether oxygens (including phenoxy) is 1. The number of carbonyl (C=O) groups is 2. The van der Waals surface area contributed by atoms with Gasteiger partial charge in [0.05, 0.1) is 6.61 Å². The van der Waals surface area contributed by atoms with Crippen molar-refractivity contribution in [3.8, 4) is 0 Å². The van der Waals surface area contributed by atoms with E-state index in [2.05, 4.69) is 0 Å². The van der Waals surface area contributed by atoms with E-state index in [0.29, 0.717) is 11.5 Å². The fourth-order valence-electron chi connectivity index (χ4n) is 2.37. The summed E-state index contributed by atoms with van der Waals surface area (Å²) in [5.41, 5.74) is 1.51. The van der Waals surface area contributed by atoms with Crippen LogP contribution in [0.5, 0.6) is 0 Å². The molecular weight excluding hydrogens is 260 g/mol. The van der Waals surface area contributed by atoms with Crippen LogP contribution in [0.3, 0.4) is 0 Å². The van der Waals surface area contributed by atoms with Crippen LogP contribution >= 0.6 is 11.8 Å². The second kappa shape index (κ2) is 6.75. The van der Waals surface area contributed by atoms with E-state index in [1.165, 1.54) is 0 Å². The molecule has 1 heterocycles. The third-order valence-corrected chi connectivity index (χ3v) is 4.38. The number of hydrogen-bond donors (Lipinski definition) is 0. The first-order valence-electron chi connectivity index (χ1n) is 6.62. The van der Waals surface area contributed by atoms with Crippen molar-refractivity contribution in [2.24, 2.45) is 0 Å². The Morgan fingerprint density at radius 1 is 1.26 bits per heavy atom. The molecule has 0 amide bonds. The van der Waals surface area contributed by atoms with Gasteiger partial charge >= 0.3 is 5.97 Å². The minimum atomic E-state index is -0.750. The lowest BCUT2D eigenvalue weighted by molar-refractivity contribution is -0.137. The first kappa shape index (κ1) is 14.1. The molecule has 1 aromatic rings. The Bertz CT molecular complexity index is 464. The van der Waals surface area contributed by atoms with E-state index < -0.39 is 11.8 Å². The molecule has 0 aromatic heterocycles. The molecule has 4 heteroatoms. The number of hydrogen-bond acceptors (Lipinski definition) is 4. The molecule has 0 N–H and O–H groups in total. The fraction of sp³-hybridized carbons (Fsp3) is 0.467. The highest BCUT2D eigenvalue weighted by molar-refractivity contribution is 7.99. The molecule has 102 valence electrons. The molecule has 2 rings (SSSR count). The zero-order chi connectivity index (χ0) is 13.7. The van der Waals surface area contributed by atoms with Gasteiger partial charge in [0.25, 0.3) is 5.78 Å². The molecule has 1 aromatic carbocycles. The summed E-state index contributed by atoms with van der Waals surface area (Å²) >= 11 is 1.95. The van der Waals surface area contributed by atoms with Crippen molar-refractivity contribution >= 4 is 23.5 Å². The van der Waals surface area contributed by atoms with Crippen LogP contribution in [0.25, 0.3) is 0 Å². The van der Waals surface area contributed by atoms with Crippen molar-refractivity contribution < 1.29 is 14.3 Å². The van der Waals surface area contributed by atoms with Crippen LogP contribution in [0, 0.1) is 0 Å². The first-order chi connectivity index (χ1) is 9.24. The monoisotopic (exact) mass is 278 g/mol. The maximum atomic E-state index is 12.1. The van der Waals surface area contributed by atoms with E-state index in [9.17, 15) is 9.59 Å². The van der Waals surface area contributed by atoms with Crippen LogP contribution in [0.4, 0.5) is 0 Å². The summed E-state index contributed by atoms with van der Waals surface area (Å²) < 4.78 is 4.81. The molecule has 1 fully saturated rings. The average Bonchev–Trinajstić information content (AvgIpc) is 2.47. The van der Waals surface area contributed by atoms with E-state index >= 15 is 0 Å². The lowest BCUT2D eigenvalue weighted by atomic mass is 9.88. The maximum absolute atomic E-state index is 12.1. The van der Waals surface area contributed by atoms with E-state index in [1.807, 2.05) is 23.9 Å². The summed E-state index contributed by atoms with van der Waals surface area (Å²) in [4.78, 5) is 23.7. The van der Waals surface area contributed by atoms with E-state index in [0.717, 1.165) is 29.9 Å². The summed E-state index contributed by atoms with van der Waals surface area (Å²) in [7, 11) is 0. The van der Waals surface area contributed by atoms with Gasteiger partial charge in [0, 0.05) is 5.56 Å². The Kier molecular flexibility index (Phi) is 5.02. The third-order valence-electron chi connectivity index (χ3n) is 3.33. The molecule has 1 aliphatic heterocycles. The lowest BCUT2D eigenvalue weighted by Crippen LogP contribution is -2.21. The van der Waals surface area contributed by atoms with E-state index in [4.69, 9.17) is 4.74 Å². The van der Waals surface area contributed by atoms with Gasteiger partial charge in [-0.25, -0.2) is 4.79 Å². The predicted molar refractivity (Wildman–Crippen MR) is 76.7 cm³/mol. The molecule has 0 aliphatic carbocycles. The smallest absolute Gasteiger partial charge is 0.379 e. The number of rotatable bonds is 4. The van der Waals surface area contributed by atoms with Crippen molar-refractivity contribution in [1.29, 1.82) is 0 Å². The highest BCUT2D eigenvalue weighted by Crippen LogP contribution is 2.33. The molecular formula is C15H18O3S. The molecule has 0 radical (unpaired) electrons. The topological polar surface area (TPSA) is 43.4 Å². The van der Waals surface area contributed by atoms with Crippen molar-refractivity contribution in [1.82, 2.24) is 0 Å². The second-order valence-electron chi connectivity index (χ2n) is 4.52. The first-order valence-corrected chi connectivity index (χ1v) is 7.77. The highest BCUT2D eigenvalue weighted by Gasteiger charge is 2.25. The number of thioether (sulfide) groups is 1. The van der Waals surface area contributed by atoms with Crippen molar-refractivity contribution in [3.05, 3.63) is 35.4 Å². The third kappa shape index (κ3) is 3.38. The molecule has 0 bridgehead atoms. The van der Waals surface area contributed by atoms with Gasteiger partial charge in [-0.05, 0) is 42.8 Å². The Morgan fingerprint density at radius 3 is 2.63 bits per heavy atom. The van der Waals surface area contributed by atoms with Crippen LogP contribution in [-0.4, -0.2) is 29.9 Å². The van der Waals surface area contributed by atoms with Crippen LogP contribution in [0.1, 0.15) is 41.6 Å². The zero-order valence-corrected chi connectivity index (χ0v) is 11.9. The normalized spacial score (nSPS) is 16.1. The summed E-state index contributed by atoms with van der Waals surface area (Å²) in [6, 6.07) is 7.43. The minimum Gasteiger partial charge on any atom is -0.460 e. The van der Waals surface area contributed by atoms with Gasteiger partial charge < -0.3 is 4.74 Å². The van der Waals surface area contributed by atoms with Gasteiger partial charge in [0.15, 0.2) is 0 Å². The SMILES string of the molecule is CCOC(=O)C(=O)c1ccccc1C1CCSCC1. The largest absolute Gasteiger partial charge is 0.460 e. The van der Waals surface area contributed by atoms with Crippen LogP contribution < -0.4 is 0 Å². The summed E-state index contributed by atoms with van der Waals surface area (Å²) in [5.74, 6) is 1.35. The Morgan fingerprint density at radius 2 is 1.95 bits per heavy atom. The standard InChI is InChI=1S/C15H18O3S/c1-2-18-15(17)14(16)13-6-4-3-5-12(13)11-7-9-19-10-8-11/h3-6,11H,2,7-10H2,1H3. The molecule has 0 atom stereocenters. The molecule has 19 heavy (non-hydrogen) atoms. The van der Waals surface area contributed by atoms with Crippen LogP contribution in [0.2, 0.25) is 0 Å². The summed E-state index contributed by atoms with van der Waals surface area (Å²) in [6.45, 7) is 1.93. The van der Waals surface area contributed by atoms with Crippen molar-refractivity contribution in [2.75, 3.05) is 18.1 Å². The lowest BCUT2D eigenvalue weighted by Gasteiger charge is -2.23. The van der Waals surface area contributed by atoms with E-state index in [1.54, 1.807) is 19.1 Å². The zero-order valence-electron chi connectivity index (χ0n) is 11.1. The predicted octanol–water partition coefficient (Wildman–Crippen LogP) is 3.04. The molecule has 1 saturated heterocycles. The Hall–Kier alpha value is -1.29. The Labute approximate surface area is 117 Å². The van der Waals surface area contributed by atoms with Gasteiger partial charge in [-0.3, -0.25) is 4.79 Å². The fourth-order valence-corrected chi connectivity index (χ4v) is 3.48. The second-order valence-corrected chi connectivity index (χ2v) is 5.75. The van der Waals surface area contributed by atoms with Gasteiger partial charge in [-0.1, -0.05) is 24.3 Å². The number of benzene rings is 1. The molecule has 3 nitrogen and oxygen atoms in total. The highest BCUT2D eigenvalue weighted by atomic mass is 32.2. The number of carbonyl (C=O) groups excluding carboxylic acids is 2. The van der Waals surface area contributed by atoms with Crippen LogP contribution in [0.15, 0.2) is 24.3 Å². The van der Waals surface area contributed by atoms with Gasteiger partial charge in [0.2, 0.25) is 0 Å². The van der Waals surface area contributed by atoms with Gasteiger partial charge in [-0.15, -0.1) is 0 Å². The average molecular weight is 278 g/mol. The summed E-state index contributed by atoms with van der Waals surface area (Å²) in [5, 5.41) is 0. The van der Waals surface area contributed by atoms with Gasteiger partial charge in [-0.2, -0.15) is 11.8 Å². The minimum absolute atomic E-state index is 0.229. The number of esters is 1. The van der Waals surface area contributed by atoms with Crippen LogP contribution in [-0.2, 0) is 9.53 Å². The van der Waals surface area contributed by atoms with Crippen molar-refractivity contribution in [2.45, 2.75) is 25.7 Å². The van der Waals surface area contributed by atoms with E-state index in [-0.39, 0.29) is 6.61 Å². The number of ketones is 1. The quantitative estimate of drug-likeness (QED) is 0.482. The molecule has 0 spiro atoms. The molecule has 0 unspecified atom stereocenters. The Balaban J connectivity index is 2.24. The molecule has 0 saturated carbocycles. The van der Waals surface area contributed by atoms with Gasteiger partial charge in [0.1, 0.15) is 0 Å².